The van der Waals surface area contributed by atoms with E-state index >= 15 is 0 Å². The Morgan fingerprint density at radius 2 is 1.39 bits per heavy atom. The van der Waals surface area contributed by atoms with Crippen molar-refractivity contribution in [2.24, 2.45) is 0 Å². The predicted molar refractivity (Wildman–Crippen MR) is 86.0 cm³/mol. The molecule has 1 aromatic rings. The maximum absolute atomic E-state index is 3.89. The summed E-state index contributed by atoms with van der Waals surface area (Å²) in [5.41, 5.74) is 0. The number of hydrogen-bond acceptors (Lipinski definition) is 0. The van der Waals surface area contributed by atoms with Gasteiger partial charge >= 0.3 is 0 Å². The fraction of sp³-hybridized carbons (Fsp3) is 0.588. The Balaban J connectivity index is 2.18. The second-order valence-electron chi connectivity index (χ2n) is 5.97. The molecular formula is C17H29Si. The fourth-order valence-electron chi connectivity index (χ4n) is 2.48. The van der Waals surface area contributed by atoms with Gasteiger partial charge in [-0.25, -0.2) is 0 Å². The van der Waals surface area contributed by atoms with E-state index in [0.29, 0.717) is 0 Å². The molecule has 0 aromatic heterocycles. The van der Waals surface area contributed by atoms with Gasteiger partial charge in [-0.05, 0) is 0 Å². The summed E-state index contributed by atoms with van der Waals surface area (Å²) in [5.74, 6) is 0. The highest BCUT2D eigenvalue weighted by molar-refractivity contribution is 6.89. The molecule has 101 valence electrons. The van der Waals surface area contributed by atoms with Gasteiger partial charge in [0.05, 0.1) is 8.07 Å². The van der Waals surface area contributed by atoms with Crippen molar-refractivity contribution in [1.29, 1.82) is 0 Å². The van der Waals surface area contributed by atoms with Crippen molar-refractivity contribution in [3.63, 3.8) is 0 Å². The van der Waals surface area contributed by atoms with Gasteiger partial charge in [0.25, 0.3) is 0 Å². The van der Waals surface area contributed by atoms with E-state index in [-0.39, 0.29) is 0 Å². The Labute approximate surface area is 115 Å². The quantitative estimate of drug-likeness (QED) is 0.425. The molecule has 1 radical (unpaired) electrons. The molecule has 1 aromatic carbocycles. The average molecular weight is 262 g/mol. The van der Waals surface area contributed by atoms with Gasteiger partial charge in [0.15, 0.2) is 0 Å². The van der Waals surface area contributed by atoms with E-state index in [1.165, 1.54) is 44.6 Å². The Hall–Kier alpha value is -0.563. The standard InChI is InChI=1S/C17H29Si/c1-4-5-6-7-8-9-13-16-18(2,3)17-14-11-10-12-15-17/h10-12,14-15H,1,4-9,13,16H2,2-3H3. The summed E-state index contributed by atoms with van der Waals surface area (Å²) >= 11 is 0. The smallest absolute Gasteiger partial charge is 0.0654 e. The monoisotopic (exact) mass is 261 g/mol. The van der Waals surface area contributed by atoms with Gasteiger partial charge < -0.3 is 0 Å². The van der Waals surface area contributed by atoms with E-state index in [2.05, 4.69) is 50.3 Å². The number of hydrogen-bond donors (Lipinski definition) is 0. The van der Waals surface area contributed by atoms with Crippen LogP contribution >= 0.6 is 0 Å². The largest absolute Gasteiger partial charge is 0.0806 e. The first-order valence-corrected chi connectivity index (χ1v) is 10.7. The lowest BCUT2D eigenvalue weighted by molar-refractivity contribution is 0.609. The minimum absolute atomic E-state index is 1.11. The minimum atomic E-state index is -1.16. The van der Waals surface area contributed by atoms with Gasteiger partial charge in [-0.2, -0.15) is 0 Å². The summed E-state index contributed by atoms with van der Waals surface area (Å²) < 4.78 is 0. The molecule has 1 rings (SSSR count). The Kier molecular flexibility index (Phi) is 7.34. The number of benzene rings is 1. The molecule has 0 aliphatic carbocycles. The summed E-state index contributed by atoms with van der Waals surface area (Å²) in [7, 11) is -1.16. The topological polar surface area (TPSA) is 0 Å². The maximum Gasteiger partial charge on any atom is 0.0806 e. The van der Waals surface area contributed by atoms with Crippen LogP contribution in [0.5, 0.6) is 0 Å². The van der Waals surface area contributed by atoms with Crippen molar-refractivity contribution < 1.29 is 0 Å². The second-order valence-corrected chi connectivity index (χ2v) is 10.8. The number of unbranched alkanes of at least 4 members (excludes halogenated alkanes) is 6. The molecule has 0 saturated heterocycles. The van der Waals surface area contributed by atoms with E-state index in [4.69, 9.17) is 0 Å². The molecule has 0 atom stereocenters. The summed E-state index contributed by atoms with van der Waals surface area (Å²) in [5, 5.41) is 1.61. The molecule has 0 amide bonds. The first-order valence-electron chi connectivity index (χ1n) is 7.51. The van der Waals surface area contributed by atoms with Crippen LogP contribution in [0.4, 0.5) is 0 Å². The van der Waals surface area contributed by atoms with Crippen LogP contribution in [-0.4, -0.2) is 8.07 Å². The van der Waals surface area contributed by atoms with E-state index in [9.17, 15) is 0 Å². The Morgan fingerprint density at radius 3 is 2.00 bits per heavy atom. The van der Waals surface area contributed by atoms with Crippen LogP contribution in [0.25, 0.3) is 0 Å². The van der Waals surface area contributed by atoms with Gasteiger partial charge in [-0.15, -0.1) is 0 Å². The zero-order valence-corrected chi connectivity index (χ0v) is 13.3. The lowest BCUT2D eigenvalue weighted by Gasteiger charge is -2.22. The summed E-state index contributed by atoms with van der Waals surface area (Å²) in [6, 6.07) is 12.6. The number of rotatable bonds is 9. The Bertz CT molecular complexity index is 303. The van der Waals surface area contributed by atoms with Crippen molar-refractivity contribution in [3.05, 3.63) is 37.3 Å². The van der Waals surface area contributed by atoms with Crippen LogP contribution in [0.15, 0.2) is 30.3 Å². The Morgan fingerprint density at radius 1 is 0.833 bits per heavy atom. The lowest BCUT2D eigenvalue weighted by atomic mass is 10.1. The summed E-state index contributed by atoms with van der Waals surface area (Å²) in [6.07, 6.45) is 9.45. The third-order valence-electron chi connectivity index (χ3n) is 3.86. The van der Waals surface area contributed by atoms with Crippen LogP contribution in [0.3, 0.4) is 0 Å². The van der Waals surface area contributed by atoms with Crippen molar-refractivity contribution >= 4 is 13.3 Å². The zero-order valence-electron chi connectivity index (χ0n) is 12.3. The minimum Gasteiger partial charge on any atom is -0.0654 e. The maximum atomic E-state index is 3.89. The van der Waals surface area contributed by atoms with E-state index in [1.807, 2.05) is 0 Å². The molecule has 0 bridgehead atoms. The normalized spacial score (nSPS) is 11.7. The molecule has 1 heteroatoms. The average Bonchev–Trinajstić information content (AvgIpc) is 2.39. The van der Waals surface area contributed by atoms with Gasteiger partial charge in [0.2, 0.25) is 0 Å². The highest BCUT2D eigenvalue weighted by Crippen LogP contribution is 2.16. The van der Waals surface area contributed by atoms with Gasteiger partial charge in [0, 0.05) is 0 Å². The van der Waals surface area contributed by atoms with Gasteiger partial charge in [-0.3, -0.25) is 0 Å². The molecule has 0 N–H and O–H groups in total. The van der Waals surface area contributed by atoms with Gasteiger partial charge in [0.1, 0.15) is 0 Å². The molecule has 0 heterocycles. The van der Waals surface area contributed by atoms with E-state index < -0.39 is 8.07 Å². The van der Waals surface area contributed by atoms with E-state index in [0.717, 1.165) is 6.42 Å². The zero-order chi connectivity index (χ0) is 13.3. The SMILES string of the molecule is [CH2]CCCCCCCC[Si](C)(C)c1ccccc1. The van der Waals surface area contributed by atoms with Crippen molar-refractivity contribution in [2.75, 3.05) is 0 Å². The van der Waals surface area contributed by atoms with Crippen LogP contribution in [0.1, 0.15) is 44.9 Å². The third-order valence-corrected chi connectivity index (χ3v) is 7.36. The van der Waals surface area contributed by atoms with E-state index in [1.54, 1.807) is 5.19 Å². The molecule has 0 aliphatic heterocycles. The van der Waals surface area contributed by atoms with Crippen LogP contribution in [-0.2, 0) is 0 Å². The lowest BCUT2D eigenvalue weighted by Crippen LogP contribution is -2.40. The molecule has 0 nitrogen and oxygen atoms in total. The van der Waals surface area contributed by atoms with Crippen LogP contribution < -0.4 is 5.19 Å². The van der Waals surface area contributed by atoms with Crippen LogP contribution in [0.2, 0.25) is 19.1 Å². The molecule has 18 heavy (non-hydrogen) atoms. The molecular weight excluding hydrogens is 232 g/mol. The predicted octanol–water partition coefficient (Wildman–Crippen LogP) is 5.17. The molecule has 0 aliphatic rings. The van der Waals surface area contributed by atoms with Crippen molar-refractivity contribution in [1.82, 2.24) is 0 Å². The highest BCUT2D eigenvalue weighted by Gasteiger charge is 2.21. The fourth-order valence-corrected chi connectivity index (χ4v) is 5.00. The summed E-state index contributed by atoms with van der Waals surface area (Å²) in [6.45, 7) is 8.90. The summed E-state index contributed by atoms with van der Waals surface area (Å²) in [4.78, 5) is 0. The second kappa shape index (κ2) is 8.52. The first kappa shape index (κ1) is 15.5. The molecule has 0 spiro atoms. The first-order chi connectivity index (χ1) is 8.67. The van der Waals surface area contributed by atoms with Gasteiger partial charge in [-0.1, -0.05) is 107 Å². The molecule has 0 saturated carbocycles. The van der Waals surface area contributed by atoms with Crippen molar-refractivity contribution in [2.45, 2.75) is 64.1 Å². The van der Waals surface area contributed by atoms with Crippen molar-refractivity contribution in [3.8, 4) is 0 Å². The molecule has 0 fully saturated rings. The highest BCUT2D eigenvalue weighted by atomic mass is 28.3. The third kappa shape index (κ3) is 5.86. The van der Waals surface area contributed by atoms with Crippen LogP contribution in [0, 0.1) is 6.92 Å². The molecule has 0 unspecified atom stereocenters.